The van der Waals surface area contributed by atoms with Crippen molar-refractivity contribution in [2.45, 2.75) is 51.3 Å². The number of rotatable bonds is 5. The van der Waals surface area contributed by atoms with E-state index in [0.29, 0.717) is 0 Å². The zero-order chi connectivity index (χ0) is 21.6. The normalized spacial score (nSPS) is 21.7. The number of fused-ring (bicyclic) bond motifs is 1. The van der Waals surface area contributed by atoms with Gasteiger partial charge in [0.25, 0.3) is 0 Å². The third kappa shape index (κ3) is 4.41. The van der Waals surface area contributed by atoms with Gasteiger partial charge in [-0.05, 0) is 36.6 Å². The molecule has 0 bridgehead atoms. The molecule has 1 aromatic heterocycles. The summed E-state index contributed by atoms with van der Waals surface area (Å²) in [7, 11) is 1.69. The van der Waals surface area contributed by atoms with Gasteiger partial charge in [-0.3, -0.25) is 9.05 Å². The number of aliphatic hydroxyl groups is 1. The standard InChI is InChI=1S/C18H23F5N5O/c1-10-5-14(20)11(7-13(10)19)6-12(24)8-16(29)28(2)4-3-27-15(9-28)25-26-17(27)18(21,22)23/h5,7,12,16,29H,3-4,6,8-9,24H2,1-2H3/q+1. The Bertz CT molecular complexity index is 899. The number of nitrogens with two attached hydrogens (primary N) is 1. The van der Waals surface area contributed by atoms with Crippen LogP contribution in [0.2, 0.25) is 0 Å². The minimum absolute atomic E-state index is 0.00221. The number of benzene rings is 1. The van der Waals surface area contributed by atoms with E-state index in [0.717, 1.165) is 16.7 Å². The number of aromatic nitrogens is 3. The van der Waals surface area contributed by atoms with E-state index in [4.69, 9.17) is 5.73 Å². The number of likely N-dealkylation sites (N-methyl/N-ethyl adjacent to an activating group) is 1. The first kappa shape index (κ1) is 21.6. The van der Waals surface area contributed by atoms with Gasteiger partial charge in [0, 0.05) is 12.5 Å². The summed E-state index contributed by atoms with van der Waals surface area (Å²) in [6.07, 6.45) is -5.52. The topological polar surface area (TPSA) is 77.0 Å². The molecule has 3 N–H and O–H groups in total. The average molecular weight is 420 g/mol. The van der Waals surface area contributed by atoms with Crippen molar-refractivity contribution in [3.05, 3.63) is 46.5 Å². The number of alkyl halides is 3. The van der Waals surface area contributed by atoms with Crippen LogP contribution in [0.25, 0.3) is 0 Å². The van der Waals surface area contributed by atoms with E-state index in [9.17, 15) is 27.1 Å². The molecule has 0 aliphatic carbocycles. The molecule has 160 valence electrons. The first-order valence-corrected chi connectivity index (χ1v) is 9.12. The largest absolute Gasteiger partial charge is 0.451 e. The molecular weight excluding hydrogens is 397 g/mol. The Labute approximate surface area is 164 Å². The van der Waals surface area contributed by atoms with Gasteiger partial charge in [0.1, 0.15) is 18.2 Å². The Hall–Kier alpha value is -2.11. The van der Waals surface area contributed by atoms with E-state index in [1.54, 1.807) is 7.05 Å². The van der Waals surface area contributed by atoms with Gasteiger partial charge in [0.15, 0.2) is 12.1 Å². The molecule has 0 saturated heterocycles. The van der Waals surface area contributed by atoms with Crippen LogP contribution in [0.4, 0.5) is 22.0 Å². The van der Waals surface area contributed by atoms with Gasteiger partial charge in [-0.25, -0.2) is 8.78 Å². The second kappa shape index (κ2) is 7.62. The Morgan fingerprint density at radius 3 is 2.59 bits per heavy atom. The maximum Gasteiger partial charge on any atom is 0.451 e. The molecule has 0 fully saturated rings. The number of aryl methyl sites for hydroxylation is 1. The van der Waals surface area contributed by atoms with Crippen molar-refractivity contribution in [2.24, 2.45) is 5.73 Å². The molecule has 1 aliphatic heterocycles. The fraction of sp³-hybridized carbons (Fsp3) is 0.556. The summed E-state index contributed by atoms with van der Waals surface area (Å²) in [6, 6.07) is 1.52. The second-order valence-corrected chi connectivity index (χ2v) is 7.82. The Balaban J connectivity index is 1.68. The summed E-state index contributed by atoms with van der Waals surface area (Å²) in [5, 5.41) is 17.5. The molecule has 3 atom stereocenters. The van der Waals surface area contributed by atoms with Gasteiger partial charge in [-0.1, -0.05) is 0 Å². The lowest BCUT2D eigenvalue weighted by Crippen LogP contribution is -2.57. The molecule has 11 heteroatoms. The molecule has 2 heterocycles. The fourth-order valence-electron chi connectivity index (χ4n) is 3.62. The van der Waals surface area contributed by atoms with Crippen LogP contribution in [-0.4, -0.2) is 50.2 Å². The maximum atomic E-state index is 14.0. The SMILES string of the molecule is Cc1cc(F)c(CC(N)CC(O)[N+]2(C)CCn3c(nnc3C(F)(F)F)C2)cc1F. The lowest BCUT2D eigenvalue weighted by Gasteiger charge is -2.41. The summed E-state index contributed by atoms with van der Waals surface area (Å²) < 4.78 is 67.7. The summed E-state index contributed by atoms with van der Waals surface area (Å²) in [5.74, 6) is -2.03. The van der Waals surface area contributed by atoms with E-state index in [1.165, 1.54) is 6.92 Å². The number of nitrogens with zero attached hydrogens (tertiary/aromatic N) is 4. The molecule has 0 radical (unpaired) electrons. The molecule has 3 unspecified atom stereocenters. The highest BCUT2D eigenvalue weighted by Crippen LogP contribution is 2.31. The highest BCUT2D eigenvalue weighted by Gasteiger charge is 2.44. The van der Waals surface area contributed by atoms with Gasteiger partial charge in [-0.15, -0.1) is 10.2 Å². The third-order valence-electron chi connectivity index (χ3n) is 5.46. The van der Waals surface area contributed by atoms with Crippen LogP contribution in [0.1, 0.15) is 29.2 Å². The van der Waals surface area contributed by atoms with Crippen LogP contribution >= 0.6 is 0 Å². The number of halogens is 5. The van der Waals surface area contributed by atoms with Gasteiger partial charge in [0.05, 0.1) is 20.1 Å². The Kier molecular flexibility index (Phi) is 5.67. The lowest BCUT2D eigenvalue weighted by molar-refractivity contribution is -0.970. The van der Waals surface area contributed by atoms with Crippen LogP contribution in [-0.2, 0) is 25.7 Å². The molecule has 1 aromatic carbocycles. The molecule has 29 heavy (non-hydrogen) atoms. The van der Waals surface area contributed by atoms with Crippen LogP contribution in [0, 0.1) is 18.6 Å². The first-order chi connectivity index (χ1) is 13.4. The molecule has 2 aromatic rings. The molecule has 6 nitrogen and oxygen atoms in total. The minimum atomic E-state index is -4.60. The fourth-order valence-corrected chi connectivity index (χ4v) is 3.62. The summed E-state index contributed by atoms with van der Waals surface area (Å²) >= 11 is 0. The van der Waals surface area contributed by atoms with Gasteiger partial charge in [-0.2, -0.15) is 13.2 Å². The molecule has 0 spiro atoms. The van der Waals surface area contributed by atoms with Crippen molar-refractivity contribution in [3.63, 3.8) is 0 Å². The quantitative estimate of drug-likeness (QED) is 0.574. The number of hydrogen-bond acceptors (Lipinski definition) is 4. The van der Waals surface area contributed by atoms with E-state index in [2.05, 4.69) is 10.2 Å². The highest BCUT2D eigenvalue weighted by atomic mass is 19.4. The van der Waals surface area contributed by atoms with E-state index < -0.39 is 35.9 Å². The van der Waals surface area contributed by atoms with Crippen molar-refractivity contribution < 1.29 is 31.5 Å². The van der Waals surface area contributed by atoms with Crippen molar-refractivity contribution >= 4 is 0 Å². The predicted molar refractivity (Wildman–Crippen MR) is 93.2 cm³/mol. The maximum absolute atomic E-state index is 14.0. The summed E-state index contributed by atoms with van der Waals surface area (Å²) in [6.45, 7) is 1.72. The Morgan fingerprint density at radius 2 is 1.93 bits per heavy atom. The lowest BCUT2D eigenvalue weighted by atomic mass is 10.0. The third-order valence-corrected chi connectivity index (χ3v) is 5.46. The number of hydrogen-bond donors (Lipinski definition) is 2. The van der Waals surface area contributed by atoms with E-state index in [-0.39, 0.29) is 53.9 Å². The van der Waals surface area contributed by atoms with Crippen LogP contribution < -0.4 is 5.73 Å². The summed E-state index contributed by atoms with van der Waals surface area (Å²) in [5.41, 5.74) is 6.35. The summed E-state index contributed by atoms with van der Waals surface area (Å²) in [4.78, 5) is 0. The van der Waals surface area contributed by atoms with Crippen molar-refractivity contribution in [2.75, 3.05) is 13.6 Å². The zero-order valence-corrected chi connectivity index (χ0v) is 16.0. The first-order valence-electron chi connectivity index (χ1n) is 9.12. The molecule has 0 saturated carbocycles. The molecule has 3 rings (SSSR count). The zero-order valence-electron chi connectivity index (χ0n) is 16.0. The van der Waals surface area contributed by atoms with E-state index in [1.807, 2.05) is 0 Å². The Morgan fingerprint density at radius 1 is 1.24 bits per heavy atom. The average Bonchev–Trinajstić information content (AvgIpc) is 3.02. The minimum Gasteiger partial charge on any atom is -0.345 e. The van der Waals surface area contributed by atoms with Crippen LogP contribution in [0.3, 0.4) is 0 Å². The second-order valence-electron chi connectivity index (χ2n) is 7.82. The van der Waals surface area contributed by atoms with Crippen molar-refractivity contribution in [3.8, 4) is 0 Å². The van der Waals surface area contributed by atoms with Crippen LogP contribution in [0.15, 0.2) is 12.1 Å². The van der Waals surface area contributed by atoms with Crippen molar-refractivity contribution in [1.82, 2.24) is 14.8 Å². The number of aliphatic hydroxyl groups excluding tert-OH is 1. The highest BCUT2D eigenvalue weighted by molar-refractivity contribution is 5.25. The molecule has 1 aliphatic rings. The van der Waals surface area contributed by atoms with Crippen LogP contribution in [0.5, 0.6) is 0 Å². The predicted octanol–water partition coefficient (Wildman–Crippen LogP) is 2.12. The molecule has 0 amide bonds. The smallest absolute Gasteiger partial charge is 0.345 e. The van der Waals surface area contributed by atoms with Gasteiger partial charge < -0.3 is 10.8 Å². The van der Waals surface area contributed by atoms with Crippen molar-refractivity contribution in [1.29, 1.82) is 0 Å². The van der Waals surface area contributed by atoms with Gasteiger partial charge >= 0.3 is 6.18 Å². The van der Waals surface area contributed by atoms with E-state index >= 15 is 0 Å². The molecular formula is C18H23F5N5O+. The van der Waals surface area contributed by atoms with Gasteiger partial charge in [0.2, 0.25) is 5.82 Å². The number of quaternary nitrogens is 1. The monoisotopic (exact) mass is 420 g/mol.